The Morgan fingerprint density at radius 3 is 2.67 bits per heavy atom. The van der Waals surface area contributed by atoms with Crippen LogP contribution in [0.2, 0.25) is 0 Å². The standard InChI is InChI=1S/C13H10N2O3/c16-9-15-11-5-3-10(4-6-11)13(17)14-8-12-2-1-7-18-12/h1-7H,8H2,(H,14,17). The summed E-state index contributed by atoms with van der Waals surface area (Å²) < 4.78 is 5.10. The summed E-state index contributed by atoms with van der Waals surface area (Å²) >= 11 is 0. The Balaban J connectivity index is 1.98. The van der Waals surface area contributed by atoms with E-state index in [9.17, 15) is 9.59 Å². The quantitative estimate of drug-likeness (QED) is 0.659. The Kier molecular flexibility index (Phi) is 3.69. The van der Waals surface area contributed by atoms with E-state index in [2.05, 4.69) is 10.3 Å². The fourth-order valence-corrected chi connectivity index (χ4v) is 1.42. The first-order chi connectivity index (χ1) is 8.79. The highest BCUT2D eigenvalue weighted by molar-refractivity contribution is 5.94. The molecule has 1 aromatic heterocycles. The van der Waals surface area contributed by atoms with Gasteiger partial charge in [0.2, 0.25) is 6.08 Å². The third kappa shape index (κ3) is 2.93. The minimum atomic E-state index is -0.215. The summed E-state index contributed by atoms with van der Waals surface area (Å²) in [7, 11) is 0. The zero-order valence-corrected chi connectivity index (χ0v) is 9.42. The molecular weight excluding hydrogens is 232 g/mol. The number of isocyanates is 1. The number of carbonyl (C=O) groups excluding carboxylic acids is 2. The maximum Gasteiger partial charge on any atom is 0.251 e. The topological polar surface area (TPSA) is 71.7 Å². The molecule has 0 aliphatic heterocycles. The molecule has 0 saturated heterocycles. The van der Waals surface area contributed by atoms with Crippen molar-refractivity contribution in [2.75, 3.05) is 0 Å². The molecule has 2 aromatic rings. The fourth-order valence-electron chi connectivity index (χ4n) is 1.42. The van der Waals surface area contributed by atoms with Crippen molar-refractivity contribution < 1.29 is 14.0 Å². The maximum absolute atomic E-state index is 11.7. The lowest BCUT2D eigenvalue weighted by Gasteiger charge is -2.03. The van der Waals surface area contributed by atoms with Crippen LogP contribution in [-0.2, 0) is 11.3 Å². The van der Waals surface area contributed by atoms with Crippen molar-refractivity contribution in [3.8, 4) is 0 Å². The van der Waals surface area contributed by atoms with Crippen LogP contribution in [0.25, 0.3) is 0 Å². The van der Waals surface area contributed by atoms with Crippen molar-refractivity contribution in [1.29, 1.82) is 0 Å². The van der Waals surface area contributed by atoms with Crippen LogP contribution in [0, 0.1) is 0 Å². The fraction of sp³-hybridized carbons (Fsp3) is 0.0769. The van der Waals surface area contributed by atoms with Gasteiger partial charge in [0.25, 0.3) is 5.91 Å². The third-order valence-corrected chi connectivity index (χ3v) is 2.31. The molecule has 2 rings (SSSR count). The van der Waals surface area contributed by atoms with E-state index in [4.69, 9.17) is 4.42 Å². The number of rotatable bonds is 4. The van der Waals surface area contributed by atoms with Gasteiger partial charge in [-0.2, -0.15) is 4.99 Å². The summed E-state index contributed by atoms with van der Waals surface area (Å²) in [6, 6.07) is 9.87. The molecule has 0 saturated carbocycles. The van der Waals surface area contributed by atoms with Crippen LogP contribution in [0.3, 0.4) is 0 Å². The van der Waals surface area contributed by atoms with E-state index >= 15 is 0 Å². The molecule has 0 aliphatic carbocycles. The van der Waals surface area contributed by atoms with Gasteiger partial charge < -0.3 is 9.73 Å². The molecule has 0 atom stereocenters. The second-order valence-corrected chi connectivity index (χ2v) is 3.51. The van der Waals surface area contributed by atoms with Gasteiger partial charge >= 0.3 is 0 Å². The lowest BCUT2D eigenvalue weighted by molar-refractivity contribution is 0.0948. The molecule has 1 aromatic carbocycles. The monoisotopic (exact) mass is 242 g/mol. The molecule has 1 heterocycles. The van der Waals surface area contributed by atoms with Crippen molar-refractivity contribution in [3.63, 3.8) is 0 Å². The lowest BCUT2D eigenvalue weighted by Crippen LogP contribution is -2.22. The Morgan fingerprint density at radius 1 is 1.28 bits per heavy atom. The molecule has 0 aliphatic rings. The smallest absolute Gasteiger partial charge is 0.251 e. The molecule has 0 fully saturated rings. The summed E-state index contributed by atoms with van der Waals surface area (Å²) in [5.74, 6) is 0.471. The number of amides is 1. The zero-order valence-electron chi connectivity index (χ0n) is 9.42. The van der Waals surface area contributed by atoms with E-state index in [-0.39, 0.29) is 5.91 Å². The second kappa shape index (κ2) is 5.61. The normalized spacial score (nSPS) is 9.56. The molecule has 0 unspecified atom stereocenters. The third-order valence-electron chi connectivity index (χ3n) is 2.31. The number of aliphatic imine (C=N–C) groups is 1. The van der Waals surface area contributed by atoms with Crippen molar-refractivity contribution in [3.05, 3.63) is 54.0 Å². The molecule has 0 radical (unpaired) electrons. The van der Waals surface area contributed by atoms with E-state index in [0.717, 1.165) is 0 Å². The number of nitrogens with zero attached hydrogens (tertiary/aromatic N) is 1. The highest BCUT2D eigenvalue weighted by Gasteiger charge is 2.05. The highest BCUT2D eigenvalue weighted by Crippen LogP contribution is 2.12. The highest BCUT2D eigenvalue weighted by atomic mass is 16.3. The molecule has 1 N–H and O–H groups in total. The Morgan fingerprint density at radius 2 is 2.06 bits per heavy atom. The van der Waals surface area contributed by atoms with Crippen LogP contribution in [0.5, 0.6) is 0 Å². The summed E-state index contributed by atoms with van der Waals surface area (Å²) in [4.78, 5) is 25.2. The first-order valence-corrected chi connectivity index (χ1v) is 5.28. The summed E-state index contributed by atoms with van der Waals surface area (Å²) in [6.07, 6.45) is 2.99. The van der Waals surface area contributed by atoms with Crippen LogP contribution in [0.4, 0.5) is 5.69 Å². The van der Waals surface area contributed by atoms with Crippen molar-refractivity contribution in [2.45, 2.75) is 6.54 Å². The largest absolute Gasteiger partial charge is 0.467 e. The van der Waals surface area contributed by atoms with E-state index in [1.165, 1.54) is 6.08 Å². The van der Waals surface area contributed by atoms with Gasteiger partial charge in [-0.3, -0.25) is 4.79 Å². The van der Waals surface area contributed by atoms with Gasteiger partial charge in [-0.15, -0.1) is 0 Å². The van der Waals surface area contributed by atoms with Crippen molar-refractivity contribution in [2.24, 2.45) is 4.99 Å². The van der Waals surface area contributed by atoms with Crippen molar-refractivity contribution >= 4 is 17.7 Å². The molecule has 18 heavy (non-hydrogen) atoms. The summed E-state index contributed by atoms with van der Waals surface area (Å²) in [5.41, 5.74) is 0.957. The van der Waals surface area contributed by atoms with Gasteiger partial charge in [0, 0.05) is 5.56 Å². The molecular formula is C13H10N2O3. The van der Waals surface area contributed by atoms with Gasteiger partial charge in [0.05, 0.1) is 18.5 Å². The van der Waals surface area contributed by atoms with Gasteiger partial charge in [-0.1, -0.05) is 0 Å². The van der Waals surface area contributed by atoms with E-state index in [1.807, 2.05) is 0 Å². The zero-order chi connectivity index (χ0) is 12.8. The first kappa shape index (κ1) is 11.8. The number of carbonyl (C=O) groups is 1. The van der Waals surface area contributed by atoms with Crippen molar-refractivity contribution in [1.82, 2.24) is 5.32 Å². The Bertz CT molecular complexity index is 567. The predicted molar refractivity (Wildman–Crippen MR) is 64.1 cm³/mol. The second-order valence-electron chi connectivity index (χ2n) is 3.51. The SMILES string of the molecule is O=C=Nc1ccc(C(=O)NCc2ccco2)cc1. The molecule has 1 amide bonds. The maximum atomic E-state index is 11.7. The lowest BCUT2D eigenvalue weighted by atomic mass is 10.2. The molecule has 5 nitrogen and oxygen atoms in total. The molecule has 5 heteroatoms. The van der Waals surface area contributed by atoms with Crippen LogP contribution >= 0.6 is 0 Å². The molecule has 0 bridgehead atoms. The van der Waals surface area contributed by atoms with Gasteiger partial charge in [-0.25, -0.2) is 4.79 Å². The number of hydrogen-bond acceptors (Lipinski definition) is 4. The first-order valence-electron chi connectivity index (χ1n) is 5.28. The van der Waals surface area contributed by atoms with Crippen LogP contribution in [0.15, 0.2) is 52.1 Å². The molecule has 90 valence electrons. The van der Waals surface area contributed by atoms with E-state index in [0.29, 0.717) is 23.6 Å². The van der Waals surface area contributed by atoms with Gasteiger partial charge in [0.1, 0.15) is 5.76 Å². The summed E-state index contributed by atoms with van der Waals surface area (Å²) in [6.45, 7) is 0.333. The number of hydrogen-bond donors (Lipinski definition) is 1. The van der Waals surface area contributed by atoms with Gasteiger partial charge in [0.15, 0.2) is 0 Å². The van der Waals surface area contributed by atoms with E-state index in [1.54, 1.807) is 42.7 Å². The summed E-state index contributed by atoms with van der Waals surface area (Å²) in [5, 5.41) is 2.71. The minimum Gasteiger partial charge on any atom is -0.467 e. The molecule has 0 spiro atoms. The Hall–Kier alpha value is -2.65. The van der Waals surface area contributed by atoms with Crippen LogP contribution in [0.1, 0.15) is 16.1 Å². The average Bonchev–Trinajstić information content (AvgIpc) is 2.90. The predicted octanol–water partition coefficient (Wildman–Crippen LogP) is 2.18. The average molecular weight is 242 g/mol. The van der Waals surface area contributed by atoms with Gasteiger partial charge in [-0.05, 0) is 36.4 Å². The van der Waals surface area contributed by atoms with E-state index < -0.39 is 0 Å². The number of benzene rings is 1. The van der Waals surface area contributed by atoms with Crippen LogP contribution in [-0.4, -0.2) is 12.0 Å². The minimum absolute atomic E-state index is 0.215. The number of furan rings is 1. The number of nitrogens with one attached hydrogen (secondary N) is 1. The van der Waals surface area contributed by atoms with Crippen LogP contribution < -0.4 is 5.32 Å². The Labute approximate surface area is 103 Å².